The number of alkyl halides is 3. The molecular weight excluding hydrogens is 446 g/mol. The molecule has 0 N–H and O–H groups in total. The van der Waals surface area contributed by atoms with Gasteiger partial charge in [-0.1, -0.05) is 0 Å². The molecule has 0 aromatic rings. The topological polar surface area (TPSA) is 63.7 Å². The third-order valence-electron chi connectivity index (χ3n) is 2.31. The van der Waals surface area contributed by atoms with Crippen molar-refractivity contribution < 1.29 is 17.9 Å². The van der Waals surface area contributed by atoms with Crippen molar-refractivity contribution in [3.8, 4) is 0 Å². The Morgan fingerprint density at radius 3 is 2.24 bits per heavy atom. The lowest BCUT2D eigenvalue weighted by atomic mass is 10.5. The molecule has 0 aromatic carbocycles. The Bertz CT molecular complexity index is 365. The molecule has 100 valence electrons. The number of ether oxygens (including phenoxy) is 1. The van der Waals surface area contributed by atoms with Crippen LogP contribution in [0.25, 0.3) is 0 Å². The molecule has 0 aliphatic carbocycles. The molecule has 1 fully saturated rings. The lowest BCUT2D eigenvalue weighted by Gasteiger charge is -2.26. The van der Waals surface area contributed by atoms with E-state index in [4.69, 9.17) is 4.74 Å². The fourth-order valence-electron chi connectivity index (χ4n) is 1.32. The molecule has 0 amide bonds. The van der Waals surface area contributed by atoms with Gasteiger partial charge in [0.2, 0.25) is 2.14 Å². The average molecular weight is 458 g/mol. The van der Waals surface area contributed by atoms with E-state index in [9.17, 15) is 13.2 Å². The maximum Gasteiger partial charge on any atom is 0.344 e. The first-order valence-electron chi connectivity index (χ1n) is 4.87. The summed E-state index contributed by atoms with van der Waals surface area (Å²) in [6, 6.07) is 0. The maximum atomic E-state index is 11.3. The third-order valence-corrected chi connectivity index (χ3v) is 4.89. The highest BCUT2D eigenvalue weighted by atomic mass is 80.0. The van der Waals surface area contributed by atoms with Crippen LogP contribution in [-0.4, -0.2) is 59.2 Å². The number of hydrogen-bond acceptors (Lipinski definition) is 5. The van der Waals surface area contributed by atoms with Gasteiger partial charge in [-0.3, -0.25) is 4.90 Å². The van der Waals surface area contributed by atoms with E-state index in [0.717, 1.165) is 0 Å². The van der Waals surface area contributed by atoms with Crippen LogP contribution in [-0.2, 0) is 19.4 Å². The molecule has 0 unspecified atom stereocenters. The second-order valence-corrected chi connectivity index (χ2v) is 12.7. The lowest BCUT2D eigenvalue weighted by Crippen LogP contribution is -2.42. The highest BCUT2D eigenvalue weighted by molar-refractivity contribution is 9.40. The molecule has 0 saturated carbocycles. The highest BCUT2D eigenvalue weighted by Gasteiger charge is 2.30. The van der Waals surface area contributed by atoms with Crippen LogP contribution in [0.3, 0.4) is 0 Å². The zero-order valence-electron chi connectivity index (χ0n) is 8.86. The summed E-state index contributed by atoms with van der Waals surface area (Å²) in [5.74, 6) is -0.109. The molecule has 0 aromatic heterocycles. The van der Waals surface area contributed by atoms with Crippen LogP contribution in [0.5, 0.6) is 0 Å². The Kier molecular flexibility index (Phi) is 5.90. The first-order chi connectivity index (χ1) is 7.71. The average Bonchev–Trinajstić information content (AvgIpc) is 2.19. The van der Waals surface area contributed by atoms with Gasteiger partial charge in [0.25, 0.3) is 0 Å². The van der Waals surface area contributed by atoms with Crippen LogP contribution in [0.4, 0.5) is 0 Å². The number of sulfone groups is 1. The van der Waals surface area contributed by atoms with Crippen LogP contribution < -0.4 is 0 Å². The number of rotatable bonds is 3. The van der Waals surface area contributed by atoms with E-state index in [2.05, 4.69) is 47.8 Å². The second kappa shape index (κ2) is 6.31. The van der Waals surface area contributed by atoms with Gasteiger partial charge in [0.1, 0.15) is 6.61 Å². The van der Waals surface area contributed by atoms with E-state index in [0.29, 0.717) is 19.6 Å². The van der Waals surface area contributed by atoms with Crippen molar-refractivity contribution in [2.75, 3.05) is 37.7 Å². The predicted octanol–water partition coefficient (Wildman–Crippen LogP) is 1.10. The van der Waals surface area contributed by atoms with Gasteiger partial charge >= 0.3 is 5.97 Å². The SMILES string of the molecule is O=C(OCCN1CCS(=O)(=O)CC1)C(Br)(Br)Br. The minimum Gasteiger partial charge on any atom is -0.462 e. The fourth-order valence-corrected chi connectivity index (χ4v) is 2.94. The molecular formula is C8H12Br3NO4S. The van der Waals surface area contributed by atoms with Gasteiger partial charge in [-0.15, -0.1) is 0 Å². The summed E-state index contributed by atoms with van der Waals surface area (Å²) in [7, 11) is -2.85. The minimum absolute atomic E-state index is 0.181. The van der Waals surface area contributed by atoms with Gasteiger partial charge in [-0.2, -0.15) is 0 Å². The van der Waals surface area contributed by atoms with Crippen molar-refractivity contribution in [2.24, 2.45) is 0 Å². The number of esters is 1. The summed E-state index contributed by atoms with van der Waals surface area (Å²) < 4.78 is 26.3. The lowest BCUT2D eigenvalue weighted by molar-refractivity contribution is -0.141. The van der Waals surface area contributed by atoms with Gasteiger partial charge in [0.05, 0.1) is 11.5 Å². The second-order valence-electron chi connectivity index (χ2n) is 3.63. The van der Waals surface area contributed by atoms with Crippen LogP contribution in [0.2, 0.25) is 0 Å². The normalized spacial score (nSPS) is 21.1. The van der Waals surface area contributed by atoms with E-state index < -0.39 is 17.9 Å². The van der Waals surface area contributed by atoms with E-state index in [1.54, 1.807) is 0 Å². The molecule has 17 heavy (non-hydrogen) atoms. The van der Waals surface area contributed by atoms with Crippen molar-refractivity contribution in [3.63, 3.8) is 0 Å². The molecule has 1 aliphatic heterocycles. The standard InChI is InChI=1S/C8H12Br3NO4S/c9-8(10,11)7(13)16-4-1-12-2-5-17(14,15)6-3-12/h1-6H2. The maximum absolute atomic E-state index is 11.3. The van der Waals surface area contributed by atoms with E-state index >= 15 is 0 Å². The van der Waals surface area contributed by atoms with Crippen LogP contribution in [0.15, 0.2) is 0 Å². The number of halogens is 3. The van der Waals surface area contributed by atoms with Gasteiger partial charge in [0.15, 0.2) is 9.84 Å². The van der Waals surface area contributed by atoms with Gasteiger partial charge in [-0.25, -0.2) is 13.2 Å². The molecule has 5 nitrogen and oxygen atoms in total. The summed E-state index contributed by atoms with van der Waals surface area (Å²) in [4.78, 5) is 13.3. The van der Waals surface area contributed by atoms with Gasteiger partial charge in [0, 0.05) is 19.6 Å². The molecule has 0 radical (unpaired) electrons. The third kappa shape index (κ3) is 6.00. The zero-order valence-corrected chi connectivity index (χ0v) is 14.4. The summed E-state index contributed by atoms with van der Waals surface area (Å²) >= 11 is 9.15. The largest absolute Gasteiger partial charge is 0.462 e. The minimum atomic E-state index is -2.85. The van der Waals surface area contributed by atoms with Crippen LogP contribution in [0.1, 0.15) is 0 Å². The molecule has 1 aliphatic rings. The quantitative estimate of drug-likeness (QED) is 0.469. The summed E-state index contributed by atoms with van der Waals surface area (Å²) in [6.45, 7) is 1.79. The van der Waals surface area contributed by atoms with E-state index in [1.165, 1.54) is 0 Å². The fraction of sp³-hybridized carbons (Fsp3) is 0.875. The van der Waals surface area contributed by atoms with Crippen molar-refractivity contribution in [3.05, 3.63) is 0 Å². The summed E-state index contributed by atoms with van der Waals surface area (Å²) in [5, 5.41) is 0. The zero-order chi connectivity index (χ0) is 13.1. The van der Waals surface area contributed by atoms with E-state index in [1.807, 2.05) is 4.90 Å². The Labute approximate surface area is 126 Å². The molecule has 0 spiro atoms. The summed E-state index contributed by atoms with van der Waals surface area (Å²) in [5.41, 5.74) is 0. The Morgan fingerprint density at radius 2 is 1.76 bits per heavy atom. The number of nitrogens with zero attached hydrogens (tertiary/aromatic N) is 1. The van der Waals surface area contributed by atoms with Crippen LogP contribution in [0, 0.1) is 0 Å². The van der Waals surface area contributed by atoms with Gasteiger partial charge in [-0.05, 0) is 47.8 Å². The molecule has 1 heterocycles. The van der Waals surface area contributed by atoms with E-state index in [-0.39, 0.29) is 18.1 Å². The Hall–Kier alpha value is 0.820. The van der Waals surface area contributed by atoms with Gasteiger partial charge < -0.3 is 4.74 Å². The van der Waals surface area contributed by atoms with Crippen LogP contribution >= 0.6 is 47.8 Å². The number of hydrogen-bond donors (Lipinski definition) is 0. The first-order valence-corrected chi connectivity index (χ1v) is 9.07. The van der Waals surface area contributed by atoms with Crippen molar-refractivity contribution in [1.29, 1.82) is 0 Å². The smallest absolute Gasteiger partial charge is 0.344 e. The molecule has 1 saturated heterocycles. The van der Waals surface area contributed by atoms with Crippen molar-refractivity contribution >= 4 is 63.6 Å². The number of carbonyl (C=O) groups excluding carboxylic acids is 1. The Balaban J connectivity index is 2.23. The molecule has 0 bridgehead atoms. The molecule has 9 heteroatoms. The molecule has 0 atom stereocenters. The molecule has 1 rings (SSSR count). The van der Waals surface area contributed by atoms with Crippen molar-refractivity contribution in [1.82, 2.24) is 4.90 Å². The van der Waals surface area contributed by atoms with Crippen molar-refractivity contribution in [2.45, 2.75) is 2.14 Å². The predicted molar refractivity (Wildman–Crippen MR) is 75.6 cm³/mol. The Morgan fingerprint density at radius 1 is 1.24 bits per heavy atom. The first kappa shape index (κ1) is 15.9. The number of carbonyl (C=O) groups is 1. The monoisotopic (exact) mass is 455 g/mol. The highest BCUT2D eigenvalue weighted by Crippen LogP contribution is 2.34. The summed E-state index contributed by atoms with van der Waals surface area (Å²) in [6.07, 6.45) is 0.